The maximum absolute atomic E-state index is 11.6. The van der Waals surface area contributed by atoms with Gasteiger partial charge in [0.15, 0.2) is 0 Å². The highest BCUT2D eigenvalue weighted by atomic mass is 32.2. The SMILES string of the molecule is COC(=O)CCSCC(=O)Sc1ccccc1. The maximum atomic E-state index is 11.6. The molecule has 0 aliphatic rings. The first kappa shape index (κ1) is 14.1. The molecule has 0 amide bonds. The molecule has 0 fully saturated rings. The molecule has 0 N–H and O–H groups in total. The first-order valence-corrected chi connectivity index (χ1v) is 7.10. The van der Waals surface area contributed by atoms with Crippen LogP contribution in [0.15, 0.2) is 35.2 Å². The van der Waals surface area contributed by atoms with Gasteiger partial charge in [0.2, 0.25) is 5.12 Å². The summed E-state index contributed by atoms with van der Waals surface area (Å²) in [7, 11) is 1.36. The van der Waals surface area contributed by atoms with Gasteiger partial charge in [-0.3, -0.25) is 9.59 Å². The lowest BCUT2D eigenvalue weighted by Gasteiger charge is -2.01. The van der Waals surface area contributed by atoms with Crippen molar-refractivity contribution in [1.82, 2.24) is 0 Å². The van der Waals surface area contributed by atoms with E-state index in [9.17, 15) is 9.59 Å². The second kappa shape index (κ2) is 8.20. The number of ether oxygens (including phenoxy) is 1. The fourth-order valence-electron chi connectivity index (χ4n) is 1.06. The van der Waals surface area contributed by atoms with Crippen molar-refractivity contribution in [2.45, 2.75) is 11.3 Å². The summed E-state index contributed by atoms with van der Waals surface area (Å²) in [6.45, 7) is 0. The van der Waals surface area contributed by atoms with Crippen LogP contribution in [0.3, 0.4) is 0 Å². The van der Waals surface area contributed by atoms with E-state index < -0.39 is 0 Å². The van der Waals surface area contributed by atoms with E-state index in [0.717, 1.165) is 4.90 Å². The molecular weight excluding hydrogens is 256 g/mol. The number of carbonyl (C=O) groups excluding carboxylic acids is 2. The van der Waals surface area contributed by atoms with Gasteiger partial charge in [-0.25, -0.2) is 0 Å². The average molecular weight is 270 g/mol. The van der Waals surface area contributed by atoms with Crippen LogP contribution in [0.1, 0.15) is 6.42 Å². The molecule has 0 atom stereocenters. The summed E-state index contributed by atoms with van der Waals surface area (Å²) >= 11 is 2.69. The zero-order valence-corrected chi connectivity index (χ0v) is 11.2. The molecule has 1 rings (SSSR count). The summed E-state index contributed by atoms with van der Waals surface area (Å²) in [5.41, 5.74) is 0. The third-order valence-electron chi connectivity index (χ3n) is 1.87. The standard InChI is InChI=1S/C12H14O3S2/c1-15-11(13)7-8-16-9-12(14)17-10-5-3-2-4-6-10/h2-6H,7-9H2,1H3. The molecule has 0 heterocycles. The molecule has 0 spiro atoms. The Morgan fingerprint density at radius 1 is 1.24 bits per heavy atom. The highest BCUT2D eigenvalue weighted by Gasteiger charge is 2.06. The van der Waals surface area contributed by atoms with E-state index in [-0.39, 0.29) is 11.1 Å². The predicted molar refractivity (Wildman–Crippen MR) is 71.3 cm³/mol. The predicted octanol–water partition coefficient (Wildman–Crippen LogP) is 2.60. The molecule has 1 aromatic rings. The minimum absolute atomic E-state index is 0.103. The number of hydrogen-bond donors (Lipinski definition) is 0. The number of rotatable bonds is 6. The van der Waals surface area contributed by atoms with Crippen molar-refractivity contribution in [2.24, 2.45) is 0 Å². The van der Waals surface area contributed by atoms with Gasteiger partial charge in [0.05, 0.1) is 19.3 Å². The summed E-state index contributed by atoms with van der Waals surface area (Å²) in [6.07, 6.45) is 0.352. The highest BCUT2D eigenvalue weighted by Crippen LogP contribution is 2.20. The molecule has 5 heteroatoms. The molecule has 17 heavy (non-hydrogen) atoms. The quantitative estimate of drug-likeness (QED) is 0.451. The molecule has 0 saturated carbocycles. The van der Waals surface area contributed by atoms with E-state index in [4.69, 9.17) is 0 Å². The van der Waals surface area contributed by atoms with E-state index in [1.807, 2.05) is 30.3 Å². The first-order valence-electron chi connectivity index (χ1n) is 5.12. The summed E-state index contributed by atoms with van der Waals surface area (Å²) < 4.78 is 4.51. The zero-order valence-electron chi connectivity index (χ0n) is 9.55. The van der Waals surface area contributed by atoms with E-state index >= 15 is 0 Å². The lowest BCUT2D eigenvalue weighted by atomic mass is 10.4. The van der Waals surface area contributed by atoms with Gasteiger partial charge in [0.1, 0.15) is 0 Å². The largest absolute Gasteiger partial charge is 0.469 e. The fourth-order valence-corrected chi connectivity index (χ4v) is 2.73. The zero-order chi connectivity index (χ0) is 12.5. The van der Waals surface area contributed by atoms with Crippen molar-refractivity contribution in [3.05, 3.63) is 30.3 Å². The maximum Gasteiger partial charge on any atom is 0.306 e. The van der Waals surface area contributed by atoms with Crippen LogP contribution in [0.25, 0.3) is 0 Å². The Balaban J connectivity index is 2.16. The number of esters is 1. The lowest BCUT2D eigenvalue weighted by molar-refractivity contribution is -0.140. The van der Waals surface area contributed by atoms with Crippen LogP contribution in [0.4, 0.5) is 0 Å². The Kier molecular flexibility index (Phi) is 6.81. The van der Waals surface area contributed by atoms with Crippen LogP contribution in [-0.2, 0) is 14.3 Å². The summed E-state index contributed by atoms with van der Waals surface area (Å²) in [5.74, 6) is 0.797. The molecule has 92 valence electrons. The van der Waals surface area contributed by atoms with Gasteiger partial charge in [-0.2, -0.15) is 11.8 Å². The highest BCUT2D eigenvalue weighted by molar-refractivity contribution is 8.15. The van der Waals surface area contributed by atoms with Gasteiger partial charge in [0, 0.05) is 10.6 Å². The van der Waals surface area contributed by atoms with Gasteiger partial charge in [-0.1, -0.05) is 30.0 Å². The molecule has 0 aliphatic carbocycles. The third-order valence-corrected chi connectivity index (χ3v) is 3.89. The number of methoxy groups -OCH3 is 1. The topological polar surface area (TPSA) is 43.4 Å². The van der Waals surface area contributed by atoms with Crippen molar-refractivity contribution < 1.29 is 14.3 Å². The van der Waals surface area contributed by atoms with Crippen LogP contribution < -0.4 is 0 Å². The van der Waals surface area contributed by atoms with Crippen molar-refractivity contribution >= 4 is 34.6 Å². The Morgan fingerprint density at radius 3 is 2.59 bits per heavy atom. The number of benzene rings is 1. The van der Waals surface area contributed by atoms with E-state index in [2.05, 4.69) is 4.74 Å². The van der Waals surface area contributed by atoms with Crippen molar-refractivity contribution in [3.63, 3.8) is 0 Å². The second-order valence-corrected chi connectivity index (χ2v) is 5.40. The van der Waals surface area contributed by atoms with Crippen molar-refractivity contribution in [3.8, 4) is 0 Å². The molecule has 0 aliphatic heterocycles. The number of thioether (sulfide) groups is 2. The first-order chi connectivity index (χ1) is 8.22. The van der Waals surface area contributed by atoms with E-state index in [1.165, 1.54) is 30.6 Å². The second-order valence-electron chi connectivity index (χ2n) is 3.17. The molecular formula is C12H14O3S2. The fraction of sp³-hybridized carbons (Fsp3) is 0.333. The Hall–Kier alpha value is -0.940. The minimum atomic E-state index is -0.235. The summed E-state index contributed by atoms with van der Waals surface area (Å²) in [5, 5.41) is 0.103. The molecule has 0 unspecified atom stereocenters. The Labute approximate surface area is 109 Å². The molecule has 3 nitrogen and oxygen atoms in total. The molecule has 0 bridgehead atoms. The van der Waals surface area contributed by atoms with Crippen LogP contribution in [-0.4, -0.2) is 29.7 Å². The number of hydrogen-bond acceptors (Lipinski definition) is 5. The molecule has 0 radical (unpaired) electrons. The molecule has 0 saturated heterocycles. The van der Waals surface area contributed by atoms with Crippen LogP contribution >= 0.6 is 23.5 Å². The lowest BCUT2D eigenvalue weighted by Crippen LogP contribution is -2.03. The van der Waals surface area contributed by atoms with Crippen molar-refractivity contribution in [2.75, 3.05) is 18.6 Å². The normalized spacial score (nSPS) is 9.94. The number of carbonyl (C=O) groups is 2. The van der Waals surface area contributed by atoms with Crippen LogP contribution in [0.2, 0.25) is 0 Å². The van der Waals surface area contributed by atoms with E-state index in [1.54, 1.807) is 0 Å². The van der Waals surface area contributed by atoms with E-state index in [0.29, 0.717) is 17.9 Å². The van der Waals surface area contributed by atoms with Gasteiger partial charge in [-0.15, -0.1) is 0 Å². The Morgan fingerprint density at radius 2 is 1.94 bits per heavy atom. The molecule has 0 aromatic heterocycles. The van der Waals surface area contributed by atoms with Gasteiger partial charge in [0.25, 0.3) is 0 Å². The van der Waals surface area contributed by atoms with Gasteiger partial charge < -0.3 is 4.74 Å². The molecule has 1 aromatic carbocycles. The third kappa shape index (κ3) is 6.38. The van der Waals surface area contributed by atoms with Crippen LogP contribution in [0, 0.1) is 0 Å². The monoisotopic (exact) mass is 270 g/mol. The van der Waals surface area contributed by atoms with Crippen LogP contribution in [0.5, 0.6) is 0 Å². The average Bonchev–Trinajstić information content (AvgIpc) is 2.35. The van der Waals surface area contributed by atoms with Crippen molar-refractivity contribution in [1.29, 1.82) is 0 Å². The van der Waals surface area contributed by atoms with Gasteiger partial charge >= 0.3 is 5.97 Å². The smallest absolute Gasteiger partial charge is 0.306 e. The Bertz CT molecular complexity index is 365. The summed E-state index contributed by atoms with van der Waals surface area (Å²) in [4.78, 5) is 23.3. The van der Waals surface area contributed by atoms with Gasteiger partial charge in [-0.05, 0) is 12.1 Å². The minimum Gasteiger partial charge on any atom is -0.469 e. The summed E-state index contributed by atoms with van der Waals surface area (Å²) in [6, 6.07) is 9.53.